The molecule has 1 atom stereocenters. The van der Waals surface area contributed by atoms with E-state index in [1.807, 2.05) is 44.2 Å². The van der Waals surface area contributed by atoms with Crippen molar-refractivity contribution in [1.29, 1.82) is 0 Å². The average molecular weight is 454 g/mol. The minimum absolute atomic E-state index is 0.182. The van der Waals surface area contributed by atoms with Crippen LogP contribution in [-0.4, -0.2) is 47.4 Å². The number of nitrogens with zero attached hydrogens (tertiary/aromatic N) is 4. The standard InChI is InChI=1S/C27H27N5O2/c1-18-14-21(17-28-16-18)25-15-24(26(31-30-25)32-10-12-34-13-11-32)27(33)29-19(2)22-9-5-7-20-6-3-4-8-23(20)22/h3-9,14-17,19H,10-13H2,1-2H3,(H,29,33)/t19-/m0/s1. The van der Waals surface area contributed by atoms with Crippen LogP contribution in [0.1, 0.15) is 34.5 Å². The van der Waals surface area contributed by atoms with Crippen molar-refractivity contribution in [3.05, 3.63) is 83.7 Å². The van der Waals surface area contributed by atoms with Gasteiger partial charge in [0, 0.05) is 31.0 Å². The van der Waals surface area contributed by atoms with E-state index >= 15 is 0 Å². The van der Waals surface area contributed by atoms with Gasteiger partial charge in [0.15, 0.2) is 5.82 Å². The number of fused-ring (bicyclic) bond motifs is 1. The molecule has 2 aromatic carbocycles. The van der Waals surface area contributed by atoms with Crippen molar-refractivity contribution in [2.75, 3.05) is 31.2 Å². The molecule has 7 heteroatoms. The van der Waals surface area contributed by atoms with Gasteiger partial charge in [0.05, 0.1) is 30.5 Å². The van der Waals surface area contributed by atoms with E-state index in [0.29, 0.717) is 43.4 Å². The fourth-order valence-electron chi connectivity index (χ4n) is 4.38. The number of pyridine rings is 1. The number of aryl methyl sites for hydroxylation is 1. The van der Waals surface area contributed by atoms with Crippen molar-refractivity contribution < 1.29 is 9.53 Å². The second-order valence-electron chi connectivity index (χ2n) is 8.58. The number of carbonyl (C=O) groups excluding carboxylic acids is 1. The molecule has 1 N–H and O–H groups in total. The van der Waals surface area contributed by atoms with Crippen LogP contribution in [0.25, 0.3) is 22.0 Å². The van der Waals surface area contributed by atoms with Crippen LogP contribution in [0.15, 0.2) is 67.0 Å². The second-order valence-corrected chi connectivity index (χ2v) is 8.58. The van der Waals surface area contributed by atoms with Gasteiger partial charge in [0.2, 0.25) is 0 Å². The van der Waals surface area contributed by atoms with E-state index in [0.717, 1.165) is 27.5 Å². The van der Waals surface area contributed by atoms with Gasteiger partial charge in [0.1, 0.15) is 0 Å². The number of hydrogen-bond donors (Lipinski definition) is 1. The Balaban J connectivity index is 1.50. The molecule has 3 heterocycles. The summed E-state index contributed by atoms with van der Waals surface area (Å²) in [6.07, 6.45) is 3.53. The molecule has 5 rings (SSSR count). The van der Waals surface area contributed by atoms with Gasteiger partial charge in [-0.2, -0.15) is 0 Å². The molecule has 1 saturated heterocycles. The summed E-state index contributed by atoms with van der Waals surface area (Å²) in [5.41, 5.74) is 4.05. The molecule has 172 valence electrons. The van der Waals surface area contributed by atoms with Gasteiger partial charge in [-0.05, 0) is 47.9 Å². The summed E-state index contributed by atoms with van der Waals surface area (Å²) < 4.78 is 5.49. The lowest BCUT2D eigenvalue weighted by Gasteiger charge is -2.29. The zero-order valence-electron chi connectivity index (χ0n) is 19.4. The molecule has 0 aliphatic carbocycles. The van der Waals surface area contributed by atoms with E-state index < -0.39 is 0 Å². The summed E-state index contributed by atoms with van der Waals surface area (Å²) in [6, 6.07) is 18.0. The van der Waals surface area contributed by atoms with Crippen LogP contribution in [0.2, 0.25) is 0 Å². The maximum atomic E-state index is 13.6. The summed E-state index contributed by atoms with van der Waals surface area (Å²) in [7, 11) is 0. The van der Waals surface area contributed by atoms with Crippen molar-refractivity contribution in [2.45, 2.75) is 19.9 Å². The lowest BCUT2D eigenvalue weighted by Crippen LogP contribution is -2.39. The first-order valence-corrected chi connectivity index (χ1v) is 11.5. The van der Waals surface area contributed by atoms with Crippen LogP contribution in [0, 0.1) is 6.92 Å². The van der Waals surface area contributed by atoms with E-state index in [4.69, 9.17) is 4.74 Å². The summed E-state index contributed by atoms with van der Waals surface area (Å²) >= 11 is 0. The van der Waals surface area contributed by atoms with Crippen molar-refractivity contribution >= 4 is 22.5 Å². The van der Waals surface area contributed by atoms with Gasteiger partial charge in [-0.15, -0.1) is 10.2 Å². The van der Waals surface area contributed by atoms with Crippen LogP contribution in [0.5, 0.6) is 0 Å². The van der Waals surface area contributed by atoms with Gasteiger partial charge < -0.3 is 15.0 Å². The predicted molar refractivity (Wildman–Crippen MR) is 133 cm³/mol. The van der Waals surface area contributed by atoms with Crippen molar-refractivity contribution in [3.63, 3.8) is 0 Å². The van der Waals surface area contributed by atoms with Gasteiger partial charge in [0.25, 0.3) is 5.91 Å². The minimum Gasteiger partial charge on any atom is -0.378 e. The highest BCUT2D eigenvalue weighted by Gasteiger charge is 2.24. The van der Waals surface area contributed by atoms with Crippen LogP contribution in [0.3, 0.4) is 0 Å². The minimum atomic E-state index is -0.187. The zero-order valence-corrected chi connectivity index (χ0v) is 19.4. The number of hydrogen-bond acceptors (Lipinski definition) is 6. The van der Waals surface area contributed by atoms with Crippen LogP contribution in [0.4, 0.5) is 5.82 Å². The van der Waals surface area contributed by atoms with E-state index in [9.17, 15) is 4.79 Å². The molecule has 0 unspecified atom stereocenters. The summed E-state index contributed by atoms with van der Waals surface area (Å²) in [6.45, 7) is 6.51. The third-order valence-electron chi connectivity index (χ3n) is 6.14. The van der Waals surface area contributed by atoms with Gasteiger partial charge in [-0.1, -0.05) is 42.5 Å². The molecule has 34 heavy (non-hydrogen) atoms. The largest absolute Gasteiger partial charge is 0.378 e. The Bertz CT molecular complexity index is 1330. The fraction of sp³-hybridized carbons (Fsp3) is 0.259. The summed E-state index contributed by atoms with van der Waals surface area (Å²) in [5, 5.41) is 14.4. The molecule has 1 aliphatic heterocycles. The quantitative estimate of drug-likeness (QED) is 0.485. The van der Waals surface area contributed by atoms with Crippen molar-refractivity contribution in [3.8, 4) is 11.3 Å². The Morgan fingerprint density at radius 3 is 2.65 bits per heavy atom. The molecule has 0 saturated carbocycles. The molecule has 4 aromatic rings. The number of amides is 1. The highest BCUT2D eigenvalue weighted by Crippen LogP contribution is 2.27. The van der Waals surface area contributed by atoms with Crippen LogP contribution >= 0.6 is 0 Å². The molecule has 0 radical (unpaired) electrons. The smallest absolute Gasteiger partial charge is 0.255 e. The van der Waals surface area contributed by atoms with Crippen LogP contribution in [-0.2, 0) is 4.74 Å². The third kappa shape index (κ3) is 4.47. The van der Waals surface area contributed by atoms with Crippen molar-refractivity contribution in [2.24, 2.45) is 0 Å². The van der Waals surface area contributed by atoms with Gasteiger partial charge in [-0.25, -0.2) is 0 Å². The number of anilines is 1. The van der Waals surface area contributed by atoms with Gasteiger partial charge in [-0.3, -0.25) is 9.78 Å². The Morgan fingerprint density at radius 2 is 1.82 bits per heavy atom. The van der Waals surface area contributed by atoms with Gasteiger partial charge >= 0.3 is 0 Å². The Kier molecular flexibility index (Phi) is 6.18. The number of aromatic nitrogens is 3. The maximum Gasteiger partial charge on any atom is 0.255 e. The molecular weight excluding hydrogens is 426 g/mol. The fourth-order valence-corrected chi connectivity index (χ4v) is 4.38. The van der Waals surface area contributed by atoms with E-state index in [1.54, 1.807) is 12.4 Å². The average Bonchev–Trinajstić information content (AvgIpc) is 2.88. The molecule has 2 aromatic heterocycles. The highest BCUT2D eigenvalue weighted by atomic mass is 16.5. The zero-order chi connectivity index (χ0) is 23.5. The summed E-state index contributed by atoms with van der Waals surface area (Å²) in [4.78, 5) is 20.0. The van der Waals surface area contributed by atoms with Crippen LogP contribution < -0.4 is 10.2 Å². The topological polar surface area (TPSA) is 80.2 Å². The number of nitrogens with one attached hydrogen (secondary N) is 1. The lowest BCUT2D eigenvalue weighted by molar-refractivity contribution is 0.0938. The summed E-state index contributed by atoms with van der Waals surface area (Å²) in [5.74, 6) is 0.397. The number of ether oxygens (including phenoxy) is 1. The molecule has 1 amide bonds. The van der Waals surface area contributed by atoms with E-state index in [1.165, 1.54) is 0 Å². The second kappa shape index (κ2) is 9.57. The first-order valence-electron chi connectivity index (χ1n) is 11.5. The molecule has 1 fully saturated rings. The van der Waals surface area contributed by atoms with E-state index in [2.05, 4.69) is 49.7 Å². The Morgan fingerprint density at radius 1 is 1.03 bits per heavy atom. The highest BCUT2D eigenvalue weighted by molar-refractivity contribution is 6.00. The Labute approximate surface area is 198 Å². The number of rotatable bonds is 5. The molecule has 0 bridgehead atoms. The first-order chi connectivity index (χ1) is 16.6. The maximum absolute atomic E-state index is 13.6. The number of benzene rings is 2. The molecule has 7 nitrogen and oxygen atoms in total. The third-order valence-corrected chi connectivity index (χ3v) is 6.14. The SMILES string of the molecule is Cc1cncc(-c2cc(C(=O)N[C@@H](C)c3cccc4ccccc34)c(N3CCOCC3)nn2)c1. The number of carbonyl (C=O) groups is 1. The van der Waals surface area contributed by atoms with E-state index in [-0.39, 0.29) is 11.9 Å². The first kappa shape index (κ1) is 22.0. The lowest BCUT2D eigenvalue weighted by atomic mass is 9.99. The monoisotopic (exact) mass is 453 g/mol. The normalized spacial score (nSPS) is 14.7. The van der Waals surface area contributed by atoms with Crippen molar-refractivity contribution in [1.82, 2.24) is 20.5 Å². The Hall–Kier alpha value is -3.84. The number of morpholine rings is 1. The molecule has 0 spiro atoms. The molecule has 1 aliphatic rings. The molecular formula is C27H27N5O2. The predicted octanol–water partition coefficient (Wildman–Crippen LogP) is 4.33.